The van der Waals surface area contributed by atoms with E-state index in [0.29, 0.717) is 21.7 Å². The molecule has 0 aliphatic carbocycles. The fraction of sp³-hybridized carbons (Fsp3) is 0.125. The first kappa shape index (κ1) is 23.2. The van der Waals surface area contributed by atoms with E-state index in [4.69, 9.17) is 26.2 Å². The van der Waals surface area contributed by atoms with Crippen molar-refractivity contribution >= 4 is 27.4 Å². The Morgan fingerprint density at radius 3 is 2.34 bits per heavy atom. The second-order valence-corrected chi connectivity index (χ2v) is 9.12. The van der Waals surface area contributed by atoms with E-state index in [0.717, 1.165) is 11.8 Å². The number of benzene rings is 3. The third kappa shape index (κ3) is 5.41. The average molecular weight is 471 g/mol. The van der Waals surface area contributed by atoms with Crippen LogP contribution in [0.2, 0.25) is 5.02 Å². The van der Waals surface area contributed by atoms with Gasteiger partial charge in [-0.05, 0) is 29.8 Å². The summed E-state index contributed by atoms with van der Waals surface area (Å²) in [6, 6.07) is 17.1. The molecule has 3 rings (SSSR count). The van der Waals surface area contributed by atoms with Gasteiger partial charge in [0.2, 0.25) is 0 Å². The van der Waals surface area contributed by atoms with Gasteiger partial charge in [-0.1, -0.05) is 59.8 Å². The molecule has 164 valence electrons. The maximum Gasteiger partial charge on any atom is 0.341 e. The van der Waals surface area contributed by atoms with Gasteiger partial charge in [0, 0.05) is 16.8 Å². The zero-order chi connectivity index (χ0) is 23.3. The molecule has 0 aromatic heterocycles. The first-order chi connectivity index (χ1) is 15.2. The average Bonchev–Trinajstić information content (AvgIpc) is 2.76. The number of carboxylic acid groups (broad SMARTS) is 1. The van der Waals surface area contributed by atoms with Crippen LogP contribution in [0, 0.1) is 11.8 Å². The minimum atomic E-state index is -3.67. The minimum absolute atomic E-state index is 0.0337. The monoisotopic (exact) mass is 470 g/mol. The number of sulfone groups is 1. The molecule has 0 radical (unpaired) electrons. The van der Waals surface area contributed by atoms with Crippen molar-refractivity contribution in [1.82, 2.24) is 0 Å². The van der Waals surface area contributed by atoms with E-state index >= 15 is 0 Å². The third-order valence-corrected chi connectivity index (χ3v) is 5.78. The Morgan fingerprint density at radius 2 is 1.72 bits per heavy atom. The fourth-order valence-corrected chi connectivity index (χ4v) is 4.36. The lowest BCUT2D eigenvalue weighted by atomic mass is 10.0. The summed E-state index contributed by atoms with van der Waals surface area (Å²) in [6.07, 6.45) is 1.11. The van der Waals surface area contributed by atoms with Crippen molar-refractivity contribution in [2.45, 2.75) is 4.90 Å². The summed E-state index contributed by atoms with van der Waals surface area (Å²) in [5, 5.41) is 9.25. The van der Waals surface area contributed by atoms with Gasteiger partial charge in [-0.3, -0.25) is 0 Å². The molecule has 32 heavy (non-hydrogen) atoms. The van der Waals surface area contributed by atoms with Crippen LogP contribution in [0.1, 0.15) is 11.1 Å². The van der Waals surface area contributed by atoms with Gasteiger partial charge in [-0.15, -0.1) is 0 Å². The van der Waals surface area contributed by atoms with E-state index in [9.17, 15) is 13.2 Å². The van der Waals surface area contributed by atoms with Gasteiger partial charge in [0.15, 0.2) is 22.2 Å². The molecule has 0 saturated heterocycles. The standard InChI is InChI=1S/C24H19ClO6S/c1-30-23-17(8-9-18-14-19(25)11-13-21(18)31-15-22(26)27)10-12-20(24(23)32(2,28)29)16-6-4-3-5-7-16/h3-7,10-14H,15H2,1-2H3,(H,26,27). The van der Waals surface area contributed by atoms with Crippen molar-refractivity contribution in [1.29, 1.82) is 0 Å². The predicted molar refractivity (Wildman–Crippen MR) is 122 cm³/mol. The Balaban J connectivity index is 2.16. The molecule has 8 heteroatoms. The zero-order valence-corrected chi connectivity index (χ0v) is 18.8. The molecule has 0 saturated carbocycles. The summed E-state index contributed by atoms with van der Waals surface area (Å²) in [4.78, 5) is 10.9. The smallest absolute Gasteiger partial charge is 0.341 e. The van der Waals surface area contributed by atoms with Crippen LogP contribution < -0.4 is 9.47 Å². The van der Waals surface area contributed by atoms with Crippen LogP contribution in [0.15, 0.2) is 65.6 Å². The van der Waals surface area contributed by atoms with E-state index < -0.39 is 22.4 Å². The first-order valence-electron chi connectivity index (χ1n) is 9.33. The van der Waals surface area contributed by atoms with Gasteiger partial charge in [-0.25, -0.2) is 13.2 Å². The molecule has 0 amide bonds. The van der Waals surface area contributed by atoms with E-state index in [1.54, 1.807) is 18.2 Å². The molecule has 1 N–H and O–H groups in total. The van der Waals surface area contributed by atoms with Crippen LogP contribution in [0.25, 0.3) is 11.1 Å². The van der Waals surface area contributed by atoms with Gasteiger partial charge in [0.25, 0.3) is 0 Å². The number of halogens is 1. The normalized spacial score (nSPS) is 10.7. The number of rotatable bonds is 6. The summed E-state index contributed by atoms with van der Waals surface area (Å²) in [5.41, 5.74) is 1.93. The lowest BCUT2D eigenvalue weighted by molar-refractivity contribution is -0.139. The maximum atomic E-state index is 12.7. The van der Waals surface area contributed by atoms with Gasteiger partial charge in [0.1, 0.15) is 10.6 Å². The summed E-state index contributed by atoms with van der Waals surface area (Å²) in [5.74, 6) is 5.02. The summed E-state index contributed by atoms with van der Waals surface area (Å²) in [6.45, 7) is -0.538. The molecule has 0 bridgehead atoms. The van der Waals surface area contributed by atoms with Crippen LogP contribution in [-0.4, -0.2) is 39.5 Å². The third-order valence-electron chi connectivity index (χ3n) is 4.40. The number of carboxylic acids is 1. The Bertz CT molecular complexity index is 1320. The second-order valence-electron chi connectivity index (χ2n) is 6.73. The van der Waals surface area contributed by atoms with Gasteiger partial charge in [0.05, 0.1) is 18.2 Å². The van der Waals surface area contributed by atoms with Crippen molar-refractivity contribution in [2.75, 3.05) is 20.0 Å². The van der Waals surface area contributed by atoms with Crippen LogP contribution >= 0.6 is 11.6 Å². The lowest BCUT2D eigenvalue weighted by Gasteiger charge is -2.14. The molecule has 0 aliphatic heterocycles. The number of hydrogen-bond acceptors (Lipinski definition) is 5. The Hall–Kier alpha value is -3.47. The van der Waals surface area contributed by atoms with Crippen LogP contribution in [0.4, 0.5) is 0 Å². The van der Waals surface area contributed by atoms with Crippen LogP contribution in [0.3, 0.4) is 0 Å². The highest BCUT2D eigenvalue weighted by molar-refractivity contribution is 7.91. The number of aliphatic carboxylic acids is 1. The number of methoxy groups -OCH3 is 1. The highest BCUT2D eigenvalue weighted by Crippen LogP contribution is 2.37. The number of hydrogen-bond donors (Lipinski definition) is 1. The van der Waals surface area contributed by atoms with Crippen LogP contribution in [0.5, 0.6) is 11.5 Å². The maximum absolute atomic E-state index is 12.7. The van der Waals surface area contributed by atoms with E-state index in [2.05, 4.69) is 11.8 Å². The van der Waals surface area contributed by atoms with Crippen LogP contribution in [-0.2, 0) is 14.6 Å². The summed E-state index contributed by atoms with van der Waals surface area (Å²) in [7, 11) is -2.29. The molecule has 0 atom stereocenters. The first-order valence-corrected chi connectivity index (χ1v) is 11.6. The Kier molecular flexibility index (Phi) is 7.08. The van der Waals surface area contributed by atoms with Crippen molar-refractivity contribution in [3.8, 4) is 34.5 Å². The summed E-state index contributed by atoms with van der Waals surface area (Å²) >= 11 is 6.05. The number of ether oxygens (including phenoxy) is 2. The van der Waals surface area contributed by atoms with Crippen molar-refractivity contribution in [2.24, 2.45) is 0 Å². The van der Waals surface area contributed by atoms with Gasteiger partial charge in [-0.2, -0.15) is 0 Å². The second kappa shape index (κ2) is 9.77. The molecule has 0 fully saturated rings. The van der Waals surface area contributed by atoms with E-state index in [-0.39, 0.29) is 16.4 Å². The fourth-order valence-electron chi connectivity index (χ4n) is 3.08. The molecule has 3 aromatic carbocycles. The Morgan fingerprint density at radius 1 is 1.03 bits per heavy atom. The van der Waals surface area contributed by atoms with E-state index in [1.807, 2.05) is 30.3 Å². The molecule has 6 nitrogen and oxygen atoms in total. The molecule has 0 spiro atoms. The highest BCUT2D eigenvalue weighted by Gasteiger charge is 2.23. The molecule has 0 aliphatic rings. The Labute approximate surface area is 191 Å². The molecule has 0 heterocycles. The molecule has 3 aromatic rings. The zero-order valence-electron chi connectivity index (χ0n) is 17.3. The van der Waals surface area contributed by atoms with Crippen molar-refractivity contribution in [3.63, 3.8) is 0 Å². The summed E-state index contributed by atoms with van der Waals surface area (Å²) < 4.78 is 36.1. The van der Waals surface area contributed by atoms with Gasteiger partial charge >= 0.3 is 5.97 Å². The van der Waals surface area contributed by atoms with E-state index in [1.165, 1.54) is 19.2 Å². The predicted octanol–water partition coefficient (Wildman–Crippen LogP) is 4.28. The highest BCUT2D eigenvalue weighted by atomic mass is 35.5. The van der Waals surface area contributed by atoms with Crippen molar-refractivity contribution in [3.05, 3.63) is 76.8 Å². The van der Waals surface area contributed by atoms with Gasteiger partial charge < -0.3 is 14.6 Å². The SMILES string of the molecule is COc1c(C#Cc2cc(Cl)ccc2OCC(=O)O)ccc(-c2ccccc2)c1S(C)(=O)=O. The number of carbonyl (C=O) groups is 1. The quantitative estimate of drug-likeness (QED) is 0.541. The molecular formula is C24H19ClO6S. The minimum Gasteiger partial charge on any atom is -0.494 e. The molecular weight excluding hydrogens is 452 g/mol. The largest absolute Gasteiger partial charge is 0.494 e. The topological polar surface area (TPSA) is 89.9 Å². The van der Waals surface area contributed by atoms with Crippen molar-refractivity contribution < 1.29 is 27.8 Å². The lowest BCUT2D eigenvalue weighted by Crippen LogP contribution is -2.10. The molecule has 0 unspecified atom stereocenters.